The van der Waals surface area contributed by atoms with Crippen LogP contribution >= 0.6 is 0 Å². The summed E-state index contributed by atoms with van der Waals surface area (Å²) in [6.07, 6.45) is 0. The Morgan fingerprint density at radius 3 is 1.75 bits per heavy atom. The van der Waals surface area contributed by atoms with E-state index in [1.807, 2.05) is 0 Å². The first-order chi connectivity index (χ1) is 9.30. The van der Waals surface area contributed by atoms with E-state index in [9.17, 15) is 0 Å². The largest absolute Gasteiger partial charge is 0.250 e. The highest BCUT2D eigenvalue weighted by Gasteiger charge is 2.18. The van der Waals surface area contributed by atoms with E-state index in [1.54, 1.807) is 10.4 Å². The lowest BCUT2D eigenvalue weighted by atomic mass is 10.1. The molecule has 20 heavy (non-hydrogen) atoms. The Bertz CT molecular complexity index is 572. The van der Waals surface area contributed by atoms with Crippen molar-refractivity contribution in [3.8, 4) is 0 Å². The zero-order valence-electron chi connectivity index (χ0n) is 13.5. The first-order valence-electron chi connectivity index (χ1n) is 7.32. The summed E-state index contributed by atoms with van der Waals surface area (Å²) in [6.45, 7) is 14.4. The number of hydrogen-bond acceptors (Lipinski definition) is 0. The van der Waals surface area contributed by atoms with Gasteiger partial charge in [-0.25, -0.2) is 8.31 Å². The van der Waals surface area contributed by atoms with Gasteiger partial charge in [-0.05, 0) is 20.8 Å². The molecule has 0 aliphatic heterocycles. The van der Waals surface area contributed by atoms with Gasteiger partial charge in [-0.15, -0.1) is 0 Å². The highest BCUT2D eigenvalue weighted by Crippen LogP contribution is 2.14. The van der Waals surface area contributed by atoms with Gasteiger partial charge in [-0.2, -0.15) is 10.4 Å². The van der Waals surface area contributed by atoms with Crippen molar-refractivity contribution in [2.24, 2.45) is 0 Å². The van der Waals surface area contributed by atoms with Gasteiger partial charge in [-0.1, -0.05) is 86.4 Å². The van der Waals surface area contributed by atoms with E-state index in [1.165, 1.54) is 16.7 Å². The predicted octanol–water partition coefficient (Wildman–Crippen LogP) is 3.64. The molecule has 2 aromatic carbocycles. The summed E-state index contributed by atoms with van der Waals surface area (Å²) in [5.74, 6) is 0. The van der Waals surface area contributed by atoms with Gasteiger partial charge in [0.2, 0.25) is 0 Å². The molecule has 0 heterocycles. The third-order valence-electron chi connectivity index (χ3n) is 3.74. The Hall–Kier alpha value is -1.13. The molecule has 0 radical (unpaired) electrons. The lowest BCUT2D eigenvalue weighted by Crippen LogP contribution is -2.60. The van der Waals surface area contributed by atoms with Gasteiger partial charge in [0, 0.05) is 0 Å². The minimum Gasteiger partial charge on any atom is -0.250 e. The fraction of sp³-hybridized carbons (Fsp3) is 0.333. The van der Waals surface area contributed by atoms with Crippen LogP contribution in [0.25, 0.3) is 0 Å². The second kappa shape index (κ2) is 5.70. The van der Waals surface area contributed by atoms with E-state index < -0.39 is 15.9 Å². The minimum absolute atomic E-state index is 0.653. The predicted molar refractivity (Wildman–Crippen MR) is 95.5 cm³/mol. The normalized spacial score (nSPS) is 11.5. The summed E-state index contributed by atoms with van der Waals surface area (Å²) in [5, 5.41) is 3.23. The molecule has 0 aliphatic rings. The van der Waals surface area contributed by atoms with Crippen LogP contribution in [0.4, 0.5) is 0 Å². The molecule has 0 aromatic heterocycles. The number of aryl methyl sites for hydroxylation is 3. The van der Waals surface area contributed by atoms with Gasteiger partial charge in [-0.3, -0.25) is 0 Å². The fourth-order valence-electron chi connectivity index (χ4n) is 3.13. The molecule has 2 rings (SSSR count). The molecule has 2 aromatic rings. The summed E-state index contributed by atoms with van der Waals surface area (Å²) in [6, 6.07) is 15.9. The van der Waals surface area contributed by atoms with Gasteiger partial charge in [0.25, 0.3) is 0 Å². The Labute approximate surface area is 126 Å². The molecule has 0 amide bonds. The molecule has 0 aliphatic carbocycles. The van der Waals surface area contributed by atoms with E-state index in [2.05, 4.69) is 82.9 Å². The van der Waals surface area contributed by atoms with E-state index in [0.29, 0.717) is 0 Å². The molecule has 0 fully saturated rings. The maximum absolute atomic E-state index is 2.52. The summed E-state index contributed by atoms with van der Waals surface area (Å²) >= 11 is 0. The van der Waals surface area contributed by atoms with Gasteiger partial charge in [0.1, 0.15) is 0 Å². The molecular formula is C18H25Si2-. The van der Waals surface area contributed by atoms with Crippen LogP contribution in [0.3, 0.4) is 0 Å². The third-order valence-corrected chi connectivity index (χ3v) is 13.6. The Balaban J connectivity index is 2.66. The number of rotatable bonds is 3. The molecule has 2 heteroatoms. The van der Waals surface area contributed by atoms with Crippen LogP contribution in [0, 0.1) is 20.8 Å². The van der Waals surface area contributed by atoms with E-state index in [-0.39, 0.29) is 0 Å². The Morgan fingerprint density at radius 1 is 0.800 bits per heavy atom. The van der Waals surface area contributed by atoms with Gasteiger partial charge in [0.05, 0.1) is 0 Å². The molecule has 0 saturated carbocycles. The van der Waals surface area contributed by atoms with Crippen molar-refractivity contribution < 1.29 is 0 Å². The highest BCUT2D eigenvalue weighted by molar-refractivity contribution is 7.41. The standard InChI is InChI=1S/C18H25Si2/c1-14-12-15(2)18(16(3)13-14)19(20(4,5)6)17-10-8-7-9-11-17/h7-13H,1-6H3/q-1. The van der Waals surface area contributed by atoms with Crippen LogP contribution in [0.15, 0.2) is 42.5 Å². The average Bonchev–Trinajstić information content (AvgIpc) is 2.33. The maximum Gasteiger partial charge on any atom is -0.0398 e. The van der Waals surface area contributed by atoms with Crippen LogP contribution in [0.5, 0.6) is 0 Å². The number of hydrogen-bond donors (Lipinski definition) is 0. The maximum atomic E-state index is 2.52. The number of benzene rings is 2. The quantitative estimate of drug-likeness (QED) is 0.759. The molecule has 0 unspecified atom stereocenters. The zero-order valence-corrected chi connectivity index (χ0v) is 15.5. The van der Waals surface area contributed by atoms with E-state index >= 15 is 0 Å². The van der Waals surface area contributed by atoms with Crippen molar-refractivity contribution in [2.75, 3.05) is 0 Å². The van der Waals surface area contributed by atoms with Crippen LogP contribution in [0.1, 0.15) is 16.7 Å². The molecule has 106 valence electrons. The van der Waals surface area contributed by atoms with Crippen LogP contribution in [-0.2, 0) is 0 Å². The smallest absolute Gasteiger partial charge is 0.0398 e. The first kappa shape index (κ1) is 15.3. The summed E-state index contributed by atoms with van der Waals surface area (Å²) in [5.41, 5.74) is 4.36. The lowest BCUT2D eigenvalue weighted by Gasteiger charge is -2.46. The van der Waals surface area contributed by atoms with E-state index in [4.69, 9.17) is 0 Å². The molecular weight excluding hydrogens is 272 g/mol. The topological polar surface area (TPSA) is 0 Å². The average molecular weight is 298 g/mol. The summed E-state index contributed by atoms with van der Waals surface area (Å²) < 4.78 is 0. The molecule has 0 spiro atoms. The summed E-state index contributed by atoms with van der Waals surface area (Å²) in [4.78, 5) is 0. The Morgan fingerprint density at radius 2 is 1.30 bits per heavy atom. The summed E-state index contributed by atoms with van der Waals surface area (Å²) in [7, 11) is -1.90. The van der Waals surface area contributed by atoms with Crippen LogP contribution in [-0.4, -0.2) is 15.9 Å². The van der Waals surface area contributed by atoms with Crippen molar-refractivity contribution in [1.82, 2.24) is 0 Å². The Kier molecular flexibility index (Phi) is 4.35. The monoisotopic (exact) mass is 297 g/mol. The first-order valence-corrected chi connectivity index (χ1v) is 13.3. The van der Waals surface area contributed by atoms with Gasteiger partial charge < -0.3 is 0 Å². The van der Waals surface area contributed by atoms with Crippen molar-refractivity contribution in [3.63, 3.8) is 0 Å². The molecule has 0 nitrogen and oxygen atoms in total. The van der Waals surface area contributed by atoms with Crippen molar-refractivity contribution in [1.29, 1.82) is 0 Å². The molecule has 0 N–H and O–H groups in total. The molecule has 0 atom stereocenters. The fourth-order valence-corrected chi connectivity index (χ4v) is 13.0. The van der Waals surface area contributed by atoms with Crippen molar-refractivity contribution in [3.05, 3.63) is 59.2 Å². The second-order valence-corrected chi connectivity index (χ2v) is 19.1. The minimum atomic E-state index is -1.25. The lowest BCUT2D eigenvalue weighted by molar-refractivity contribution is 1.35. The van der Waals surface area contributed by atoms with Gasteiger partial charge in [0.15, 0.2) is 0 Å². The highest BCUT2D eigenvalue weighted by atomic mass is 29.2. The van der Waals surface area contributed by atoms with Crippen molar-refractivity contribution >= 4 is 26.3 Å². The van der Waals surface area contributed by atoms with Crippen molar-refractivity contribution in [2.45, 2.75) is 40.4 Å². The van der Waals surface area contributed by atoms with Crippen LogP contribution in [0.2, 0.25) is 19.6 Å². The molecule has 0 bridgehead atoms. The van der Waals surface area contributed by atoms with E-state index in [0.717, 1.165) is 0 Å². The SMILES string of the molecule is Cc1cc(C)c([Si-](c2ccccc2)[Si](C)(C)C)c(C)c1. The van der Waals surface area contributed by atoms with Gasteiger partial charge >= 0.3 is 0 Å². The molecule has 0 saturated heterocycles. The van der Waals surface area contributed by atoms with Crippen LogP contribution < -0.4 is 10.4 Å². The third kappa shape index (κ3) is 3.13. The zero-order chi connectivity index (χ0) is 14.9. The second-order valence-electron chi connectivity index (χ2n) is 6.76.